The van der Waals surface area contributed by atoms with Crippen molar-refractivity contribution in [2.45, 2.75) is 11.7 Å². The van der Waals surface area contributed by atoms with E-state index in [0.29, 0.717) is 22.7 Å². The van der Waals surface area contributed by atoms with Gasteiger partial charge in [-0.3, -0.25) is 9.36 Å². The molecule has 1 N–H and O–H groups in total. The summed E-state index contributed by atoms with van der Waals surface area (Å²) in [7, 11) is 0. The highest BCUT2D eigenvalue weighted by Crippen LogP contribution is 2.24. The van der Waals surface area contributed by atoms with Gasteiger partial charge in [0, 0.05) is 17.4 Å². The van der Waals surface area contributed by atoms with Gasteiger partial charge in [0.1, 0.15) is 11.0 Å². The minimum absolute atomic E-state index is 0.142. The number of para-hydroxylation sites is 1. The van der Waals surface area contributed by atoms with E-state index in [2.05, 4.69) is 22.6 Å². The minimum Gasteiger partial charge on any atom is -0.349 e. The molecule has 0 aliphatic carbocycles. The monoisotopic (exact) mass is 296 g/mol. The van der Waals surface area contributed by atoms with Crippen molar-refractivity contribution < 1.29 is 0 Å². The van der Waals surface area contributed by atoms with Crippen molar-refractivity contribution in [3.8, 4) is 6.07 Å². The Morgan fingerprint density at radius 1 is 1.48 bits per heavy atom. The summed E-state index contributed by atoms with van der Waals surface area (Å²) in [6, 6.07) is 9.72. The number of thioether (sulfide) groups is 1. The molecule has 0 saturated heterocycles. The molecule has 21 heavy (non-hydrogen) atoms. The number of hydrogen-bond donors (Lipinski definition) is 1. The van der Waals surface area contributed by atoms with Gasteiger partial charge in [-0.2, -0.15) is 5.26 Å². The molecule has 0 spiro atoms. The number of nitriles is 1. The van der Waals surface area contributed by atoms with Crippen molar-refractivity contribution in [3.05, 3.63) is 47.3 Å². The molecule has 2 aromatic heterocycles. The fourth-order valence-electron chi connectivity index (χ4n) is 2.27. The van der Waals surface area contributed by atoms with Gasteiger partial charge in [0.25, 0.3) is 5.56 Å². The van der Waals surface area contributed by atoms with E-state index in [1.807, 2.05) is 24.3 Å². The Hall–Kier alpha value is -2.52. The van der Waals surface area contributed by atoms with Crippen LogP contribution in [-0.2, 0) is 6.54 Å². The molecule has 104 valence electrons. The van der Waals surface area contributed by atoms with Crippen molar-refractivity contribution >= 4 is 33.7 Å². The van der Waals surface area contributed by atoms with Gasteiger partial charge in [0.05, 0.1) is 11.8 Å². The number of allylic oxidation sites excluding steroid dienone is 1. The van der Waals surface area contributed by atoms with Gasteiger partial charge >= 0.3 is 0 Å². The second-order valence-corrected chi connectivity index (χ2v) is 5.38. The molecule has 0 aliphatic heterocycles. The summed E-state index contributed by atoms with van der Waals surface area (Å²) in [6.07, 6.45) is 1.65. The number of hydrogen-bond acceptors (Lipinski definition) is 4. The molecule has 3 aromatic rings. The van der Waals surface area contributed by atoms with Crippen molar-refractivity contribution in [2.75, 3.05) is 5.75 Å². The van der Waals surface area contributed by atoms with Crippen LogP contribution in [0, 0.1) is 11.3 Å². The van der Waals surface area contributed by atoms with Crippen LogP contribution in [0.2, 0.25) is 0 Å². The van der Waals surface area contributed by atoms with E-state index in [1.165, 1.54) is 16.3 Å². The van der Waals surface area contributed by atoms with Crippen molar-refractivity contribution in [1.29, 1.82) is 5.26 Å². The molecule has 0 fully saturated rings. The first kappa shape index (κ1) is 13.5. The highest BCUT2D eigenvalue weighted by Gasteiger charge is 2.14. The highest BCUT2D eigenvalue weighted by molar-refractivity contribution is 7.99. The van der Waals surface area contributed by atoms with Gasteiger partial charge in [-0.1, -0.05) is 36.0 Å². The quantitative estimate of drug-likeness (QED) is 0.456. The molecule has 3 rings (SSSR count). The summed E-state index contributed by atoms with van der Waals surface area (Å²) in [5.74, 6) is 0.247. The van der Waals surface area contributed by atoms with Gasteiger partial charge in [0.2, 0.25) is 0 Å². The normalized spacial score (nSPS) is 10.8. The Kier molecular flexibility index (Phi) is 3.50. The first-order valence-electron chi connectivity index (χ1n) is 6.38. The molecule has 0 bridgehead atoms. The van der Waals surface area contributed by atoms with Gasteiger partial charge in [-0.05, 0) is 6.07 Å². The molecule has 1 aromatic carbocycles. The largest absolute Gasteiger partial charge is 0.349 e. The zero-order valence-electron chi connectivity index (χ0n) is 11.2. The SMILES string of the molecule is C=CCn1c(SCC#N)nc2c([nH]c3ccccc32)c1=O. The van der Waals surface area contributed by atoms with Gasteiger partial charge in [-0.15, -0.1) is 6.58 Å². The fourth-order valence-corrected chi connectivity index (χ4v) is 2.94. The van der Waals surface area contributed by atoms with E-state index in [0.717, 1.165) is 10.9 Å². The van der Waals surface area contributed by atoms with Gasteiger partial charge in [-0.25, -0.2) is 4.98 Å². The number of rotatable bonds is 4. The second-order valence-electron chi connectivity index (χ2n) is 4.44. The Morgan fingerprint density at radius 3 is 3.05 bits per heavy atom. The van der Waals surface area contributed by atoms with Crippen LogP contribution >= 0.6 is 11.8 Å². The van der Waals surface area contributed by atoms with Gasteiger partial charge < -0.3 is 4.98 Å². The third-order valence-corrected chi connectivity index (χ3v) is 4.00. The minimum atomic E-state index is -0.142. The fraction of sp³-hybridized carbons (Fsp3) is 0.133. The average Bonchev–Trinajstić information content (AvgIpc) is 2.87. The molecule has 5 nitrogen and oxygen atoms in total. The van der Waals surface area contributed by atoms with Crippen molar-refractivity contribution in [2.24, 2.45) is 0 Å². The van der Waals surface area contributed by atoms with Crippen molar-refractivity contribution in [1.82, 2.24) is 14.5 Å². The predicted octanol–water partition coefficient (Wildman–Crippen LogP) is 2.68. The van der Waals surface area contributed by atoms with Crippen LogP contribution in [0.15, 0.2) is 46.9 Å². The Bertz CT molecular complexity index is 932. The first-order chi connectivity index (χ1) is 10.3. The number of aromatic nitrogens is 3. The summed E-state index contributed by atoms with van der Waals surface area (Å²) in [6.45, 7) is 4.04. The standard InChI is InChI=1S/C15H12N4OS/c1-2-8-19-14(20)13-12(18-15(19)21-9-7-16)10-5-3-4-6-11(10)17-13/h2-6,17H,1,8-9H2. The van der Waals surface area contributed by atoms with Crippen LogP contribution in [0.25, 0.3) is 21.9 Å². The Labute approximate surface area is 124 Å². The summed E-state index contributed by atoms with van der Waals surface area (Å²) in [4.78, 5) is 20.3. The Morgan fingerprint density at radius 2 is 2.29 bits per heavy atom. The van der Waals surface area contributed by atoms with Crippen LogP contribution in [0.3, 0.4) is 0 Å². The van der Waals surface area contributed by atoms with Crippen LogP contribution in [0.5, 0.6) is 0 Å². The summed E-state index contributed by atoms with van der Waals surface area (Å²) < 4.78 is 1.53. The lowest BCUT2D eigenvalue weighted by atomic mass is 10.2. The van der Waals surface area contributed by atoms with E-state index in [-0.39, 0.29) is 11.3 Å². The molecule has 6 heteroatoms. The molecule has 0 aliphatic rings. The average molecular weight is 296 g/mol. The van der Waals surface area contributed by atoms with Gasteiger partial charge in [0.15, 0.2) is 5.16 Å². The van der Waals surface area contributed by atoms with Crippen LogP contribution < -0.4 is 5.56 Å². The molecule has 0 radical (unpaired) electrons. The maximum Gasteiger partial charge on any atom is 0.278 e. The lowest BCUT2D eigenvalue weighted by Crippen LogP contribution is -2.22. The summed E-state index contributed by atoms with van der Waals surface area (Å²) in [5, 5.41) is 10.2. The molecular formula is C15H12N4OS. The van der Waals surface area contributed by atoms with E-state index >= 15 is 0 Å². The number of nitrogens with one attached hydrogen (secondary N) is 1. The number of H-pyrrole nitrogens is 1. The van der Waals surface area contributed by atoms with Crippen molar-refractivity contribution in [3.63, 3.8) is 0 Å². The predicted molar refractivity (Wildman–Crippen MR) is 84.4 cm³/mol. The Balaban J connectivity index is 2.36. The maximum atomic E-state index is 12.6. The maximum absolute atomic E-state index is 12.6. The number of fused-ring (bicyclic) bond motifs is 3. The number of aromatic amines is 1. The van der Waals surface area contributed by atoms with E-state index < -0.39 is 0 Å². The molecule has 0 saturated carbocycles. The highest BCUT2D eigenvalue weighted by atomic mass is 32.2. The first-order valence-corrected chi connectivity index (χ1v) is 7.36. The second kappa shape index (κ2) is 5.46. The summed E-state index contributed by atoms with van der Waals surface area (Å²) >= 11 is 1.26. The number of benzene rings is 1. The lowest BCUT2D eigenvalue weighted by Gasteiger charge is -2.08. The van der Waals surface area contributed by atoms with Crippen LogP contribution in [0.4, 0.5) is 0 Å². The lowest BCUT2D eigenvalue weighted by molar-refractivity contribution is 0.671. The zero-order chi connectivity index (χ0) is 14.8. The van der Waals surface area contributed by atoms with E-state index in [4.69, 9.17) is 5.26 Å². The molecular weight excluding hydrogens is 284 g/mol. The zero-order valence-corrected chi connectivity index (χ0v) is 12.0. The summed E-state index contributed by atoms with van der Waals surface area (Å²) in [5.41, 5.74) is 1.87. The third-order valence-electron chi connectivity index (χ3n) is 3.15. The van der Waals surface area contributed by atoms with E-state index in [9.17, 15) is 4.79 Å². The molecule has 2 heterocycles. The topological polar surface area (TPSA) is 74.5 Å². The third kappa shape index (κ3) is 2.22. The van der Waals surface area contributed by atoms with Crippen LogP contribution in [-0.4, -0.2) is 20.3 Å². The molecule has 0 unspecified atom stereocenters. The molecule has 0 amide bonds. The smallest absolute Gasteiger partial charge is 0.278 e. The van der Waals surface area contributed by atoms with E-state index in [1.54, 1.807) is 6.08 Å². The molecule has 0 atom stereocenters. The van der Waals surface area contributed by atoms with Crippen LogP contribution in [0.1, 0.15) is 0 Å². The number of nitrogens with zero attached hydrogens (tertiary/aromatic N) is 3.